The highest BCUT2D eigenvalue weighted by atomic mass is 35.5. The summed E-state index contributed by atoms with van der Waals surface area (Å²) in [6, 6.07) is 11.4. The number of ether oxygens (including phenoxy) is 3. The van der Waals surface area contributed by atoms with Crippen LogP contribution in [0.5, 0.6) is 11.5 Å². The van der Waals surface area contributed by atoms with Gasteiger partial charge in [0.2, 0.25) is 0 Å². The molecule has 188 valence electrons. The lowest BCUT2D eigenvalue weighted by atomic mass is 10.1. The summed E-state index contributed by atoms with van der Waals surface area (Å²) in [5, 5.41) is 11.3. The predicted octanol–water partition coefficient (Wildman–Crippen LogP) is 6.73. The van der Waals surface area contributed by atoms with Crippen molar-refractivity contribution in [3.05, 3.63) is 97.5 Å². The van der Waals surface area contributed by atoms with Gasteiger partial charge in [-0.3, -0.25) is 10.1 Å². The summed E-state index contributed by atoms with van der Waals surface area (Å²) in [5.41, 5.74) is -1.93. The van der Waals surface area contributed by atoms with Crippen LogP contribution in [-0.4, -0.2) is 30.1 Å². The molecule has 3 aromatic carbocycles. The number of nitro groups is 1. The number of nitro benzene ring substituents is 1. The van der Waals surface area contributed by atoms with Crippen LogP contribution in [0.1, 0.15) is 26.3 Å². The first-order valence-electron chi connectivity index (χ1n) is 9.88. The van der Waals surface area contributed by atoms with Crippen LogP contribution >= 0.6 is 23.2 Å². The van der Waals surface area contributed by atoms with Gasteiger partial charge in [0.15, 0.2) is 0 Å². The largest absolute Gasteiger partial charge is 0.458 e. The van der Waals surface area contributed by atoms with Gasteiger partial charge in [0, 0.05) is 17.2 Å². The number of alkyl halides is 3. The minimum atomic E-state index is -4.62. The summed E-state index contributed by atoms with van der Waals surface area (Å²) in [4.78, 5) is 34.9. The van der Waals surface area contributed by atoms with Gasteiger partial charge in [0.25, 0.3) is 5.69 Å². The Labute approximate surface area is 211 Å². The molecule has 0 heterocycles. The molecule has 0 atom stereocenters. The van der Waals surface area contributed by atoms with E-state index in [0.717, 1.165) is 30.3 Å². The van der Waals surface area contributed by atoms with E-state index in [1.165, 1.54) is 12.1 Å². The van der Waals surface area contributed by atoms with Crippen LogP contribution in [-0.2, 0) is 15.7 Å². The Hall–Kier alpha value is -3.83. The molecule has 3 aromatic rings. The zero-order valence-electron chi connectivity index (χ0n) is 17.9. The van der Waals surface area contributed by atoms with Crippen molar-refractivity contribution in [2.75, 3.05) is 13.2 Å². The second-order valence-corrected chi connectivity index (χ2v) is 7.81. The normalized spacial score (nSPS) is 11.0. The van der Waals surface area contributed by atoms with E-state index in [-0.39, 0.29) is 28.7 Å². The van der Waals surface area contributed by atoms with Crippen molar-refractivity contribution < 1.29 is 41.9 Å². The third-order valence-corrected chi connectivity index (χ3v) is 5.01. The predicted molar refractivity (Wildman–Crippen MR) is 122 cm³/mol. The minimum absolute atomic E-state index is 0.124. The number of benzene rings is 3. The summed E-state index contributed by atoms with van der Waals surface area (Å²) >= 11 is 11.7. The Kier molecular flexibility index (Phi) is 8.38. The molecule has 0 aliphatic carbocycles. The van der Waals surface area contributed by atoms with Crippen LogP contribution in [0.3, 0.4) is 0 Å². The van der Waals surface area contributed by atoms with E-state index in [0.29, 0.717) is 11.1 Å². The van der Waals surface area contributed by atoms with Gasteiger partial charge < -0.3 is 14.2 Å². The van der Waals surface area contributed by atoms with Crippen LogP contribution in [0, 0.1) is 10.1 Å². The fourth-order valence-electron chi connectivity index (χ4n) is 2.83. The lowest BCUT2D eigenvalue weighted by Gasteiger charge is -2.12. The molecule has 0 amide bonds. The van der Waals surface area contributed by atoms with Gasteiger partial charge in [-0.05, 0) is 42.5 Å². The van der Waals surface area contributed by atoms with Crippen molar-refractivity contribution in [2.45, 2.75) is 6.18 Å². The lowest BCUT2D eigenvalue weighted by molar-refractivity contribution is -0.385. The maximum absolute atomic E-state index is 12.8. The van der Waals surface area contributed by atoms with E-state index < -0.39 is 46.5 Å². The summed E-state index contributed by atoms with van der Waals surface area (Å²) in [6.07, 6.45) is -4.62. The molecule has 0 bridgehead atoms. The monoisotopic (exact) mass is 543 g/mol. The number of hydrogen-bond donors (Lipinski definition) is 0. The van der Waals surface area contributed by atoms with E-state index in [9.17, 15) is 32.9 Å². The zero-order valence-corrected chi connectivity index (χ0v) is 19.4. The van der Waals surface area contributed by atoms with E-state index in [1.807, 2.05) is 0 Å². The Bertz CT molecular complexity index is 1320. The maximum Gasteiger partial charge on any atom is 0.416 e. The van der Waals surface area contributed by atoms with Crippen molar-refractivity contribution in [3.8, 4) is 11.5 Å². The van der Waals surface area contributed by atoms with E-state index in [1.54, 1.807) is 12.1 Å². The second-order valence-electron chi connectivity index (χ2n) is 6.96. The van der Waals surface area contributed by atoms with Crippen molar-refractivity contribution in [1.29, 1.82) is 0 Å². The molecule has 13 heteroatoms. The summed E-state index contributed by atoms with van der Waals surface area (Å²) in [7, 11) is 0. The van der Waals surface area contributed by atoms with Gasteiger partial charge in [0.1, 0.15) is 30.3 Å². The molecule has 0 aliphatic rings. The van der Waals surface area contributed by atoms with Crippen LogP contribution in [0.15, 0.2) is 60.7 Å². The van der Waals surface area contributed by atoms with Crippen LogP contribution in [0.25, 0.3) is 0 Å². The highest BCUT2D eigenvalue weighted by Gasteiger charge is 2.31. The molecule has 0 fully saturated rings. The maximum atomic E-state index is 12.8. The molecule has 0 aliphatic heterocycles. The zero-order chi connectivity index (χ0) is 26.5. The number of carbonyl (C=O) groups is 2. The van der Waals surface area contributed by atoms with Crippen molar-refractivity contribution >= 4 is 40.8 Å². The number of rotatable bonds is 8. The Morgan fingerprint density at radius 2 is 1.61 bits per heavy atom. The molecule has 0 saturated carbocycles. The molecule has 0 unspecified atom stereocenters. The average molecular weight is 544 g/mol. The van der Waals surface area contributed by atoms with Gasteiger partial charge in [0.05, 0.1) is 21.1 Å². The Morgan fingerprint density at radius 1 is 0.917 bits per heavy atom. The first-order chi connectivity index (χ1) is 17.0. The summed E-state index contributed by atoms with van der Waals surface area (Å²) < 4.78 is 53.8. The number of hydrogen-bond acceptors (Lipinski definition) is 7. The quantitative estimate of drug-likeness (QED) is 0.134. The van der Waals surface area contributed by atoms with Crippen LogP contribution in [0.4, 0.5) is 18.9 Å². The topological polar surface area (TPSA) is 105 Å². The van der Waals surface area contributed by atoms with Crippen LogP contribution < -0.4 is 4.74 Å². The highest BCUT2D eigenvalue weighted by molar-refractivity contribution is 6.32. The molecule has 36 heavy (non-hydrogen) atoms. The van der Waals surface area contributed by atoms with Crippen molar-refractivity contribution in [2.24, 2.45) is 0 Å². The molecule has 0 saturated heterocycles. The molecule has 8 nitrogen and oxygen atoms in total. The Balaban J connectivity index is 1.68. The van der Waals surface area contributed by atoms with Gasteiger partial charge in [-0.25, -0.2) is 9.59 Å². The minimum Gasteiger partial charge on any atom is -0.458 e. The van der Waals surface area contributed by atoms with Gasteiger partial charge >= 0.3 is 18.1 Å². The molecular weight excluding hydrogens is 530 g/mol. The number of halogens is 5. The molecule has 0 spiro atoms. The fourth-order valence-corrected chi connectivity index (χ4v) is 3.24. The first-order valence-corrected chi connectivity index (χ1v) is 10.6. The van der Waals surface area contributed by atoms with Gasteiger partial charge in [-0.1, -0.05) is 29.3 Å². The average Bonchev–Trinajstić information content (AvgIpc) is 2.82. The second kappa shape index (κ2) is 11.3. The number of esters is 2. The molecule has 0 aromatic heterocycles. The van der Waals surface area contributed by atoms with E-state index in [4.69, 9.17) is 37.4 Å². The smallest absolute Gasteiger partial charge is 0.416 e. The van der Waals surface area contributed by atoms with Crippen molar-refractivity contribution in [1.82, 2.24) is 0 Å². The number of carbonyl (C=O) groups excluding carboxylic acids is 2. The van der Waals surface area contributed by atoms with Crippen molar-refractivity contribution in [3.63, 3.8) is 0 Å². The molecule has 0 radical (unpaired) electrons. The van der Waals surface area contributed by atoms with Gasteiger partial charge in [-0.2, -0.15) is 13.2 Å². The summed E-state index contributed by atoms with van der Waals surface area (Å²) in [6.45, 7) is -0.764. The molecule has 3 rings (SSSR count). The van der Waals surface area contributed by atoms with Gasteiger partial charge in [-0.15, -0.1) is 0 Å². The molecule has 0 N–H and O–H groups in total. The molecular formula is C23H14Cl2F3NO7. The van der Waals surface area contributed by atoms with E-state index in [2.05, 4.69) is 0 Å². The standard InChI is InChI=1S/C23H14Cl2F3NO7/c24-15-3-1-2-13(10-15)21(30)34-8-9-35-22(31)17-12-16(5-6-19(17)29(32)33)36-20-7-4-14(11-18(20)25)23(26,27)28/h1-7,10-12H,8-9H2. The summed E-state index contributed by atoms with van der Waals surface area (Å²) in [5.74, 6) is -2.14. The first kappa shape index (κ1) is 26.8. The highest BCUT2D eigenvalue weighted by Crippen LogP contribution is 2.37. The van der Waals surface area contributed by atoms with Crippen LogP contribution in [0.2, 0.25) is 10.0 Å². The fraction of sp³-hybridized carbons (Fsp3) is 0.130. The SMILES string of the molecule is O=C(OCCOC(=O)c1cc(Oc2ccc(C(F)(F)F)cc2Cl)ccc1[N+](=O)[O-])c1cccc(Cl)c1. The third kappa shape index (κ3) is 6.86. The lowest BCUT2D eigenvalue weighted by Crippen LogP contribution is -2.15. The third-order valence-electron chi connectivity index (χ3n) is 4.48. The van der Waals surface area contributed by atoms with E-state index >= 15 is 0 Å². The Morgan fingerprint density at radius 3 is 2.22 bits per heavy atom. The number of nitrogens with zero attached hydrogens (tertiary/aromatic N) is 1.